The van der Waals surface area contributed by atoms with E-state index in [-0.39, 0.29) is 17.7 Å². The highest BCUT2D eigenvalue weighted by Gasteiger charge is 2.31. The number of anilines is 2. The molecule has 0 saturated carbocycles. The van der Waals surface area contributed by atoms with Gasteiger partial charge < -0.3 is 16.0 Å². The lowest BCUT2D eigenvalue weighted by molar-refractivity contribution is -0.117. The van der Waals surface area contributed by atoms with E-state index in [0.717, 1.165) is 0 Å². The zero-order valence-corrected chi connectivity index (χ0v) is 11.4. The maximum Gasteiger partial charge on any atom is 0.227 e. The number of nitrogens with zero attached hydrogens (tertiary/aromatic N) is 1. The Hall–Kier alpha value is -1.59. The number of carbonyl (C=O) groups excluding carboxylic acids is 2. The summed E-state index contributed by atoms with van der Waals surface area (Å²) in [7, 11) is 0. The molecule has 0 aliphatic carbocycles. The third-order valence-electron chi connectivity index (χ3n) is 3.10. The van der Waals surface area contributed by atoms with E-state index in [9.17, 15) is 9.59 Å². The van der Waals surface area contributed by atoms with Crippen LogP contribution in [0.1, 0.15) is 13.3 Å². The minimum absolute atomic E-state index is 0.00400. The molecule has 5 nitrogen and oxygen atoms in total. The molecule has 0 radical (unpaired) electrons. The minimum Gasteiger partial charge on any atom is -0.330 e. The lowest BCUT2D eigenvalue weighted by Crippen LogP contribution is -2.27. The lowest BCUT2D eigenvalue weighted by Gasteiger charge is -2.20. The standard InChI is InChI=1S/C13H16ClN3O2/c1-8(18)16-11-3-2-10(14)5-12(11)17-7-9(6-15)4-13(17)19/h2-3,5,9H,4,6-7,15H2,1H3,(H,16,18). The molecule has 6 heteroatoms. The number of nitrogens with two attached hydrogens (primary N) is 1. The van der Waals surface area contributed by atoms with Crippen LogP contribution in [0.25, 0.3) is 0 Å². The molecule has 1 aliphatic rings. The molecule has 3 N–H and O–H groups in total. The number of carbonyl (C=O) groups is 2. The van der Waals surface area contributed by atoms with E-state index < -0.39 is 0 Å². The van der Waals surface area contributed by atoms with Gasteiger partial charge in [-0.15, -0.1) is 0 Å². The first-order valence-corrected chi connectivity index (χ1v) is 6.46. The van der Waals surface area contributed by atoms with Crippen molar-refractivity contribution in [1.82, 2.24) is 0 Å². The van der Waals surface area contributed by atoms with E-state index in [1.807, 2.05) is 0 Å². The predicted molar refractivity (Wildman–Crippen MR) is 75.3 cm³/mol. The van der Waals surface area contributed by atoms with Crippen LogP contribution < -0.4 is 16.0 Å². The van der Waals surface area contributed by atoms with E-state index >= 15 is 0 Å². The lowest BCUT2D eigenvalue weighted by atomic mass is 10.1. The quantitative estimate of drug-likeness (QED) is 0.884. The molecular weight excluding hydrogens is 266 g/mol. The Labute approximate surface area is 116 Å². The maximum atomic E-state index is 12.0. The number of amides is 2. The average Bonchev–Trinajstić information content (AvgIpc) is 2.72. The van der Waals surface area contributed by atoms with Gasteiger partial charge in [0.2, 0.25) is 11.8 Å². The molecule has 1 saturated heterocycles. The second-order valence-electron chi connectivity index (χ2n) is 4.65. The van der Waals surface area contributed by atoms with Crippen LogP contribution in [0.4, 0.5) is 11.4 Å². The van der Waals surface area contributed by atoms with Crippen LogP contribution in [0, 0.1) is 5.92 Å². The zero-order chi connectivity index (χ0) is 14.0. The van der Waals surface area contributed by atoms with Crippen LogP contribution in [0.5, 0.6) is 0 Å². The molecule has 2 rings (SSSR count). The molecule has 1 fully saturated rings. The molecule has 0 spiro atoms. The van der Waals surface area contributed by atoms with Gasteiger partial charge in [-0.05, 0) is 30.7 Å². The second-order valence-corrected chi connectivity index (χ2v) is 5.09. The molecular formula is C13H16ClN3O2. The minimum atomic E-state index is -0.189. The Bertz CT molecular complexity index is 519. The zero-order valence-electron chi connectivity index (χ0n) is 10.6. The van der Waals surface area contributed by atoms with Gasteiger partial charge in [0.15, 0.2) is 0 Å². The SMILES string of the molecule is CC(=O)Nc1ccc(Cl)cc1N1CC(CN)CC1=O. The van der Waals surface area contributed by atoms with E-state index in [1.54, 1.807) is 23.1 Å². The van der Waals surface area contributed by atoms with Crippen LogP contribution in [0.3, 0.4) is 0 Å². The van der Waals surface area contributed by atoms with Crippen molar-refractivity contribution in [2.75, 3.05) is 23.3 Å². The van der Waals surface area contributed by atoms with Crippen molar-refractivity contribution in [3.05, 3.63) is 23.2 Å². The maximum absolute atomic E-state index is 12.0. The fourth-order valence-electron chi connectivity index (χ4n) is 2.20. The van der Waals surface area contributed by atoms with Crippen molar-refractivity contribution in [2.45, 2.75) is 13.3 Å². The molecule has 1 aromatic carbocycles. The highest BCUT2D eigenvalue weighted by molar-refractivity contribution is 6.31. The van der Waals surface area contributed by atoms with Crippen molar-refractivity contribution in [3.8, 4) is 0 Å². The van der Waals surface area contributed by atoms with E-state index in [1.165, 1.54) is 6.92 Å². The van der Waals surface area contributed by atoms with Crippen molar-refractivity contribution in [3.63, 3.8) is 0 Å². The Morgan fingerprint density at radius 1 is 1.58 bits per heavy atom. The summed E-state index contributed by atoms with van der Waals surface area (Å²) < 4.78 is 0. The summed E-state index contributed by atoms with van der Waals surface area (Å²) in [6, 6.07) is 5.06. The average molecular weight is 282 g/mol. The van der Waals surface area contributed by atoms with Crippen LogP contribution in [0.15, 0.2) is 18.2 Å². The number of rotatable bonds is 3. The van der Waals surface area contributed by atoms with Gasteiger partial charge in [0, 0.05) is 24.9 Å². The third kappa shape index (κ3) is 3.05. The van der Waals surface area contributed by atoms with Gasteiger partial charge in [0.1, 0.15) is 0 Å². The van der Waals surface area contributed by atoms with E-state index in [2.05, 4.69) is 5.32 Å². The monoisotopic (exact) mass is 281 g/mol. The summed E-state index contributed by atoms with van der Waals surface area (Å²) in [5.41, 5.74) is 6.82. The van der Waals surface area contributed by atoms with Crippen molar-refractivity contribution in [1.29, 1.82) is 0 Å². The summed E-state index contributed by atoms with van der Waals surface area (Å²) in [5, 5.41) is 3.23. The molecule has 2 amide bonds. The normalized spacial score (nSPS) is 18.8. The summed E-state index contributed by atoms with van der Waals surface area (Å²) in [6.07, 6.45) is 0.433. The van der Waals surface area contributed by atoms with Crippen LogP contribution in [-0.2, 0) is 9.59 Å². The predicted octanol–water partition coefficient (Wildman–Crippen LogP) is 1.61. The van der Waals surface area contributed by atoms with Gasteiger partial charge in [0.25, 0.3) is 0 Å². The molecule has 1 heterocycles. The fourth-order valence-corrected chi connectivity index (χ4v) is 2.36. The van der Waals surface area contributed by atoms with Crippen LogP contribution in [-0.4, -0.2) is 24.9 Å². The second kappa shape index (κ2) is 5.59. The number of nitrogens with one attached hydrogen (secondary N) is 1. The topological polar surface area (TPSA) is 75.4 Å². The van der Waals surface area contributed by atoms with Gasteiger partial charge in [0.05, 0.1) is 11.4 Å². The molecule has 102 valence electrons. The first-order valence-electron chi connectivity index (χ1n) is 6.09. The number of hydrogen-bond donors (Lipinski definition) is 2. The van der Waals surface area contributed by atoms with E-state index in [0.29, 0.717) is 35.9 Å². The van der Waals surface area contributed by atoms with Crippen LogP contribution >= 0.6 is 11.6 Å². The van der Waals surface area contributed by atoms with Gasteiger partial charge >= 0.3 is 0 Å². The summed E-state index contributed by atoms with van der Waals surface area (Å²) >= 11 is 5.97. The highest BCUT2D eigenvalue weighted by Crippen LogP contribution is 2.33. The number of halogens is 1. The molecule has 0 aromatic heterocycles. The van der Waals surface area contributed by atoms with Crippen molar-refractivity contribution < 1.29 is 9.59 Å². The smallest absolute Gasteiger partial charge is 0.227 e. The van der Waals surface area contributed by atoms with Gasteiger partial charge in [-0.3, -0.25) is 9.59 Å². The Balaban J connectivity index is 2.35. The van der Waals surface area contributed by atoms with Gasteiger partial charge in [-0.25, -0.2) is 0 Å². The first kappa shape index (κ1) is 13.8. The van der Waals surface area contributed by atoms with Crippen molar-refractivity contribution in [2.24, 2.45) is 11.7 Å². The Morgan fingerprint density at radius 3 is 2.89 bits per heavy atom. The Kier molecular flexibility index (Phi) is 4.07. The molecule has 1 aromatic rings. The van der Waals surface area contributed by atoms with Crippen LogP contribution in [0.2, 0.25) is 5.02 Å². The van der Waals surface area contributed by atoms with Gasteiger partial charge in [-0.2, -0.15) is 0 Å². The molecule has 1 unspecified atom stereocenters. The fraction of sp³-hybridized carbons (Fsp3) is 0.385. The molecule has 19 heavy (non-hydrogen) atoms. The summed E-state index contributed by atoms with van der Waals surface area (Å²) in [4.78, 5) is 24.8. The highest BCUT2D eigenvalue weighted by atomic mass is 35.5. The van der Waals surface area contributed by atoms with Gasteiger partial charge in [-0.1, -0.05) is 11.6 Å². The van der Waals surface area contributed by atoms with E-state index in [4.69, 9.17) is 17.3 Å². The van der Waals surface area contributed by atoms with Crippen molar-refractivity contribution >= 4 is 34.8 Å². The largest absolute Gasteiger partial charge is 0.330 e. The molecule has 1 aliphatic heterocycles. The number of benzene rings is 1. The number of hydrogen-bond acceptors (Lipinski definition) is 3. The molecule has 1 atom stereocenters. The first-order chi connectivity index (χ1) is 9.01. The molecule has 0 bridgehead atoms. The third-order valence-corrected chi connectivity index (χ3v) is 3.33. The summed E-state index contributed by atoms with van der Waals surface area (Å²) in [6.45, 7) is 2.45. The summed E-state index contributed by atoms with van der Waals surface area (Å²) in [5.74, 6) is -0.0356. The Morgan fingerprint density at radius 2 is 2.32 bits per heavy atom.